The number of carbonyl (C=O) groups is 1. The van der Waals surface area contributed by atoms with Crippen molar-refractivity contribution in [1.29, 1.82) is 0 Å². The van der Waals surface area contributed by atoms with E-state index in [-0.39, 0.29) is 16.9 Å². The van der Waals surface area contributed by atoms with E-state index in [9.17, 15) is 4.79 Å². The van der Waals surface area contributed by atoms with Crippen molar-refractivity contribution in [3.8, 4) is 0 Å². The molecule has 0 aliphatic heterocycles. The van der Waals surface area contributed by atoms with Crippen LogP contribution in [0.15, 0.2) is 28.9 Å². The van der Waals surface area contributed by atoms with Crippen LogP contribution in [-0.4, -0.2) is 23.0 Å². The summed E-state index contributed by atoms with van der Waals surface area (Å²) in [5, 5.41) is 3.45. The molecule has 22 heavy (non-hydrogen) atoms. The second-order valence-electron chi connectivity index (χ2n) is 4.78. The molecule has 0 fully saturated rings. The highest BCUT2D eigenvalue weighted by atomic mass is 79.9. The summed E-state index contributed by atoms with van der Waals surface area (Å²) in [6.45, 7) is 3.94. The van der Waals surface area contributed by atoms with Gasteiger partial charge in [0.15, 0.2) is 5.69 Å². The summed E-state index contributed by atoms with van der Waals surface area (Å²) in [7, 11) is 1.30. The Morgan fingerprint density at radius 1 is 1.36 bits per heavy atom. The summed E-state index contributed by atoms with van der Waals surface area (Å²) >= 11 is 9.23. The second-order valence-corrected chi connectivity index (χ2v) is 5.98. The summed E-state index contributed by atoms with van der Waals surface area (Å²) in [4.78, 5) is 20.3. The van der Waals surface area contributed by atoms with Gasteiger partial charge in [-0.3, -0.25) is 0 Å². The van der Waals surface area contributed by atoms with Crippen molar-refractivity contribution in [3.05, 3.63) is 51.0 Å². The zero-order chi connectivity index (χ0) is 16.3. The van der Waals surface area contributed by atoms with E-state index in [4.69, 9.17) is 16.3 Å². The summed E-state index contributed by atoms with van der Waals surface area (Å²) in [6, 6.07) is 7.09. The van der Waals surface area contributed by atoms with Crippen LogP contribution in [0.3, 0.4) is 0 Å². The number of hydrogen-bond acceptors (Lipinski definition) is 5. The zero-order valence-corrected chi connectivity index (χ0v) is 14.7. The monoisotopic (exact) mass is 383 g/mol. The van der Waals surface area contributed by atoms with Crippen LogP contribution < -0.4 is 5.32 Å². The van der Waals surface area contributed by atoms with E-state index < -0.39 is 5.97 Å². The first-order chi connectivity index (χ1) is 10.4. The molecule has 0 spiro atoms. The molecular weight excluding hydrogens is 370 g/mol. The van der Waals surface area contributed by atoms with Gasteiger partial charge in [-0.1, -0.05) is 11.6 Å². The predicted molar refractivity (Wildman–Crippen MR) is 89.3 cm³/mol. The molecule has 0 aromatic carbocycles. The smallest absolute Gasteiger partial charge is 0.358 e. The molecule has 5 nitrogen and oxygen atoms in total. The second kappa shape index (κ2) is 7.07. The Kier molecular flexibility index (Phi) is 5.37. The number of anilines is 1. The number of hydrogen-bond donors (Lipinski definition) is 1. The molecule has 1 atom stereocenters. The zero-order valence-electron chi connectivity index (χ0n) is 12.4. The van der Waals surface area contributed by atoms with Gasteiger partial charge in [-0.05, 0) is 59.6 Å². The lowest BCUT2D eigenvalue weighted by molar-refractivity contribution is 0.0595. The summed E-state index contributed by atoms with van der Waals surface area (Å²) in [5.41, 5.74) is 2.63. The lowest BCUT2D eigenvalue weighted by atomic mass is 10.1. The number of esters is 1. The Labute approximate surface area is 142 Å². The molecule has 2 aromatic rings. The third kappa shape index (κ3) is 3.96. The first kappa shape index (κ1) is 16.7. The molecule has 1 N–H and O–H groups in total. The number of methoxy groups -OCH3 is 1. The number of aryl methyl sites for hydroxylation is 1. The maximum atomic E-state index is 11.8. The van der Waals surface area contributed by atoms with Crippen LogP contribution in [0.5, 0.6) is 0 Å². The van der Waals surface area contributed by atoms with Gasteiger partial charge in [-0.2, -0.15) is 0 Å². The summed E-state index contributed by atoms with van der Waals surface area (Å²) in [5.74, 6) is -0.546. The highest BCUT2D eigenvalue weighted by Gasteiger charge is 2.17. The third-order valence-corrected chi connectivity index (χ3v) is 3.63. The average molecular weight is 385 g/mol. The fraction of sp³-hybridized carbons (Fsp3) is 0.267. The van der Waals surface area contributed by atoms with E-state index in [2.05, 4.69) is 31.2 Å². The van der Waals surface area contributed by atoms with Crippen LogP contribution in [0.25, 0.3) is 0 Å². The van der Waals surface area contributed by atoms with Crippen LogP contribution in [0.4, 0.5) is 5.69 Å². The van der Waals surface area contributed by atoms with E-state index in [0.29, 0.717) is 5.69 Å². The minimum Gasteiger partial charge on any atom is -0.464 e. The van der Waals surface area contributed by atoms with Crippen molar-refractivity contribution in [2.24, 2.45) is 0 Å². The van der Waals surface area contributed by atoms with Crippen molar-refractivity contribution >= 4 is 39.2 Å². The van der Waals surface area contributed by atoms with Crippen molar-refractivity contribution in [2.75, 3.05) is 12.4 Å². The fourth-order valence-corrected chi connectivity index (χ4v) is 2.70. The van der Waals surface area contributed by atoms with Gasteiger partial charge in [0.25, 0.3) is 0 Å². The Morgan fingerprint density at radius 2 is 2.09 bits per heavy atom. The molecule has 2 aromatic heterocycles. The molecule has 0 radical (unpaired) electrons. The maximum Gasteiger partial charge on any atom is 0.358 e. The van der Waals surface area contributed by atoms with Crippen LogP contribution in [0.1, 0.15) is 34.7 Å². The lowest BCUT2D eigenvalue weighted by Crippen LogP contribution is -2.14. The molecule has 0 unspecified atom stereocenters. The number of ether oxygens (including phenoxy) is 1. The first-order valence-corrected chi connectivity index (χ1v) is 7.73. The molecule has 0 amide bonds. The maximum absolute atomic E-state index is 11.8. The molecule has 2 rings (SSSR count). The highest BCUT2D eigenvalue weighted by Crippen LogP contribution is 2.24. The standard InChI is InChI=1S/C15H15BrClN3O2/c1-8-6-11(19-12(16)7-8)9(2)18-10-4-5-13(17)20-14(10)15(21)22-3/h4-7,9,18H,1-3H3/t9-/m1/s1. The van der Waals surface area contributed by atoms with Crippen LogP contribution in [0.2, 0.25) is 5.15 Å². The largest absolute Gasteiger partial charge is 0.464 e. The van der Waals surface area contributed by atoms with E-state index in [0.717, 1.165) is 15.9 Å². The molecular formula is C15H15BrClN3O2. The molecule has 7 heteroatoms. The van der Waals surface area contributed by atoms with Crippen molar-refractivity contribution in [2.45, 2.75) is 19.9 Å². The van der Waals surface area contributed by atoms with Gasteiger partial charge in [0.1, 0.15) is 9.76 Å². The van der Waals surface area contributed by atoms with Crippen LogP contribution in [-0.2, 0) is 4.74 Å². The normalized spacial score (nSPS) is 11.9. The summed E-state index contributed by atoms with van der Waals surface area (Å²) in [6.07, 6.45) is 0. The van der Waals surface area contributed by atoms with Crippen LogP contribution >= 0.6 is 27.5 Å². The molecule has 0 saturated carbocycles. The lowest BCUT2D eigenvalue weighted by Gasteiger charge is -2.17. The van der Waals surface area contributed by atoms with Gasteiger partial charge in [0.2, 0.25) is 0 Å². The van der Waals surface area contributed by atoms with Gasteiger partial charge < -0.3 is 10.1 Å². The average Bonchev–Trinajstić information content (AvgIpc) is 2.47. The molecule has 0 bridgehead atoms. The van der Waals surface area contributed by atoms with Gasteiger partial charge in [0, 0.05) is 0 Å². The van der Waals surface area contributed by atoms with Crippen molar-refractivity contribution in [3.63, 3.8) is 0 Å². The van der Waals surface area contributed by atoms with Crippen molar-refractivity contribution in [1.82, 2.24) is 9.97 Å². The minimum atomic E-state index is -0.546. The Hall–Kier alpha value is -1.66. The van der Waals surface area contributed by atoms with Gasteiger partial charge >= 0.3 is 5.97 Å². The number of nitrogens with zero attached hydrogens (tertiary/aromatic N) is 2. The minimum absolute atomic E-state index is 0.123. The molecule has 116 valence electrons. The van der Waals surface area contributed by atoms with E-state index >= 15 is 0 Å². The number of nitrogens with one attached hydrogen (secondary N) is 1. The van der Waals surface area contributed by atoms with Crippen LogP contribution in [0, 0.1) is 6.92 Å². The molecule has 0 saturated heterocycles. The molecule has 0 aliphatic carbocycles. The van der Waals surface area contributed by atoms with Gasteiger partial charge in [-0.25, -0.2) is 14.8 Å². The number of rotatable bonds is 4. The Bertz CT molecular complexity index is 689. The first-order valence-electron chi connectivity index (χ1n) is 6.56. The number of carbonyl (C=O) groups excluding carboxylic acids is 1. The van der Waals surface area contributed by atoms with E-state index in [1.165, 1.54) is 7.11 Å². The fourth-order valence-electron chi connectivity index (χ4n) is 1.98. The topological polar surface area (TPSA) is 64.1 Å². The molecule has 2 heterocycles. The third-order valence-electron chi connectivity index (χ3n) is 3.01. The quantitative estimate of drug-likeness (QED) is 0.633. The Balaban J connectivity index is 2.31. The highest BCUT2D eigenvalue weighted by molar-refractivity contribution is 9.10. The van der Waals surface area contributed by atoms with Gasteiger partial charge in [-0.15, -0.1) is 0 Å². The summed E-state index contributed by atoms with van der Waals surface area (Å²) < 4.78 is 5.50. The van der Waals surface area contributed by atoms with E-state index in [1.807, 2.05) is 26.0 Å². The SMILES string of the molecule is COC(=O)c1nc(Cl)ccc1N[C@H](C)c1cc(C)cc(Br)n1. The number of halogens is 2. The number of pyridine rings is 2. The Morgan fingerprint density at radius 3 is 2.73 bits per heavy atom. The van der Waals surface area contributed by atoms with E-state index in [1.54, 1.807) is 12.1 Å². The van der Waals surface area contributed by atoms with Crippen molar-refractivity contribution < 1.29 is 9.53 Å². The van der Waals surface area contributed by atoms with Gasteiger partial charge in [0.05, 0.1) is 24.5 Å². The predicted octanol–water partition coefficient (Wildman–Crippen LogP) is 4.16. The number of aromatic nitrogens is 2. The molecule has 0 aliphatic rings.